The standard InChI is InChI=1S/C11H18N6O/c1-8-13-10(15-12)7-11(14-8)17-5-3-16(4-6-17)9(2)18/h7H,3-6,12H2,1-2H3,(H,13,14,15). The van der Waals surface area contributed by atoms with Crippen LogP contribution in [0.5, 0.6) is 0 Å². The number of nitrogen functional groups attached to an aromatic ring is 1. The molecule has 7 nitrogen and oxygen atoms in total. The summed E-state index contributed by atoms with van der Waals surface area (Å²) < 4.78 is 0. The van der Waals surface area contributed by atoms with E-state index in [4.69, 9.17) is 5.84 Å². The van der Waals surface area contributed by atoms with Gasteiger partial charge in [0.1, 0.15) is 17.5 Å². The summed E-state index contributed by atoms with van der Waals surface area (Å²) in [7, 11) is 0. The van der Waals surface area contributed by atoms with E-state index in [1.807, 2.05) is 17.9 Å². The second-order valence-electron chi connectivity index (χ2n) is 4.30. The highest BCUT2D eigenvalue weighted by Gasteiger charge is 2.20. The van der Waals surface area contributed by atoms with Crippen LogP contribution in [0.1, 0.15) is 12.7 Å². The molecule has 3 N–H and O–H groups in total. The molecule has 0 spiro atoms. The van der Waals surface area contributed by atoms with Crippen molar-refractivity contribution < 1.29 is 4.79 Å². The lowest BCUT2D eigenvalue weighted by Crippen LogP contribution is -2.48. The molecule has 0 radical (unpaired) electrons. The first-order valence-electron chi connectivity index (χ1n) is 5.93. The maximum Gasteiger partial charge on any atom is 0.219 e. The minimum Gasteiger partial charge on any atom is -0.353 e. The van der Waals surface area contributed by atoms with Crippen molar-refractivity contribution in [3.05, 3.63) is 11.9 Å². The second-order valence-corrected chi connectivity index (χ2v) is 4.30. The lowest BCUT2D eigenvalue weighted by atomic mass is 10.3. The van der Waals surface area contributed by atoms with Crippen molar-refractivity contribution >= 4 is 17.5 Å². The first-order chi connectivity index (χ1) is 8.60. The molecule has 98 valence electrons. The number of carbonyl (C=O) groups is 1. The van der Waals surface area contributed by atoms with Crippen molar-refractivity contribution in [3.63, 3.8) is 0 Å². The van der Waals surface area contributed by atoms with Crippen molar-refractivity contribution in [2.75, 3.05) is 36.5 Å². The molecule has 2 rings (SSSR count). The maximum absolute atomic E-state index is 11.3. The van der Waals surface area contributed by atoms with Gasteiger partial charge >= 0.3 is 0 Å². The molecular weight excluding hydrogens is 232 g/mol. The first-order valence-corrected chi connectivity index (χ1v) is 5.93. The van der Waals surface area contributed by atoms with E-state index in [2.05, 4.69) is 20.3 Å². The molecule has 18 heavy (non-hydrogen) atoms. The Balaban J connectivity index is 2.09. The van der Waals surface area contributed by atoms with Gasteiger partial charge in [0.25, 0.3) is 0 Å². The molecule has 0 aliphatic carbocycles. The molecule has 1 saturated heterocycles. The number of piperazine rings is 1. The number of aromatic nitrogens is 2. The number of hydrogen-bond acceptors (Lipinski definition) is 6. The number of nitrogens with zero attached hydrogens (tertiary/aromatic N) is 4. The third-order valence-corrected chi connectivity index (χ3v) is 3.02. The summed E-state index contributed by atoms with van der Waals surface area (Å²) in [5.41, 5.74) is 2.53. The van der Waals surface area contributed by atoms with Crippen LogP contribution >= 0.6 is 0 Å². The van der Waals surface area contributed by atoms with E-state index in [0.717, 1.165) is 32.0 Å². The predicted molar refractivity (Wildman–Crippen MR) is 69.0 cm³/mol. The number of carbonyl (C=O) groups excluding carboxylic acids is 1. The van der Waals surface area contributed by atoms with Gasteiger partial charge in [-0.15, -0.1) is 0 Å². The van der Waals surface area contributed by atoms with Crippen molar-refractivity contribution in [2.24, 2.45) is 5.84 Å². The third-order valence-electron chi connectivity index (χ3n) is 3.02. The number of nitrogens with two attached hydrogens (primary N) is 1. The molecule has 0 bridgehead atoms. The average Bonchev–Trinajstić information content (AvgIpc) is 2.38. The van der Waals surface area contributed by atoms with Gasteiger partial charge in [0, 0.05) is 39.2 Å². The molecule has 0 saturated carbocycles. The Hall–Kier alpha value is -1.89. The summed E-state index contributed by atoms with van der Waals surface area (Å²) in [6.07, 6.45) is 0. The van der Waals surface area contributed by atoms with E-state index in [1.54, 1.807) is 6.92 Å². The average molecular weight is 250 g/mol. The normalized spacial score (nSPS) is 15.7. The van der Waals surface area contributed by atoms with Crippen molar-refractivity contribution in [1.29, 1.82) is 0 Å². The largest absolute Gasteiger partial charge is 0.353 e. The number of anilines is 2. The maximum atomic E-state index is 11.3. The smallest absolute Gasteiger partial charge is 0.219 e. The lowest BCUT2D eigenvalue weighted by molar-refractivity contribution is -0.129. The summed E-state index contributed by atoms with van der Waals surface area (Å²) >= 11 is 0. The van der Waals surface area contributed by atoms with Crippen molar-refractivity contribution in [2.45, 2.75) is 13.8 Å². The zero-order valence-corrected chi connectivity index (χ0v) is 10.7. The number of amides is 1. The van der Waals surface area contributed by atoms with Crippen LogP contribution < -0.4 is 16.2 Å². The van der Waals surface area contributed by atoms with E-state index in [0.29, 0.717) is 11.6 Å². The van der Waals surface area contributed by atoms with E-state index < -0.39 is 0 Å². The first kappa shape index (κ1) is 12.6. The third kappa shape index (κ3) is 2.67. The fourth-order valence-electron chi connectivity index (χ4n) is 2.04. The zero-order chi connectivity index (χ0) is 13.1. The van der Waals surface area contributed by atoms with Gasteiger partial charge < -0.3 is 15.2 Å². The number of hydrazine groups is 1. The van der Waals surface area contributed by atoms with Crippen LogP contribution in [0.3, 0.4) is 0 Å². The molecule has 1 fully saturated rings. The molecule has 0 unspecified atom stereocenters. The molecule has 1 aromatic heterocycles. The number of hydrogen-bond donors (Lipinski definition) is 2. The summed E-state index contributed by atoms with van der Waals surface area (Å²) in [4.78, 5) is 23.8. The highest BCUT2D eigenvalue weighted by Crippen LogP contribution is 2.17. The molecule has 1 aliphatic heterocycles. The monoisotopic (exact) mass is 250 g/mol. The summed E-state index contributed by atoms with van der Waals surface area (Å²) in [6.45, 7) is 6.44. The summed E-state index contributed by atoms with van der Waals surface area (Å²) in [6, 6.07) is 1.82. The molecular formula is C11H18N6O. The topological polar surface area (TPSA) is 87.4 Å². The van der Waals surface area contributed by atoms with Gasteiger partial charge in [-0.1, -0.05) is 0 Å². The van der Waals surface area contributed by atoms with Gasteiger partial charge in [-0.25, -0.2) is 15.8 Å². The SMILES string of the molecule is CC(=O)N1CCN(c2cc(NN)nc(C)n2)CC1. The number of nitrogens with one attached hydrogen (secondary N) is 1. The van der Waals surface area contributed by atoms with E-state index >= 15 is 0 Å². The number of rotatable bonds is 2. The Morgan fingerprint density at radius 2 is 2.00 bits per heavy atom. The minimum atomic E-state index is 0.123. The van der Waals surface area contributed by atoms with Crippen LogP contribution in [-0.2, 0) is 4.79 Å². The molecule has 0 atom stereocenters. The lowest BCUT2D eigenvalue weighted by Gasteiger charge is -2.35. The van der Waals surface area contributed by atoms with Crippen LogP contribution in [0.2, 0.25) is 0 Å². The quantitative estimate of drug-likeness (QED) is 0.555. The van der Waals surface area contributed by atoms with Gasteiger partial charge in [-0.3, -0.25) is 4.79 Å². The van der Waals surface area contributed by atoms with Gasteiger partial charge in [-0.05, 0) is 6.92 Å². The zero-order valence-electron chi connectivity index (χ0n) is 10.7. The molecule has 0 aromatic carbocycles. The molecule has 1 aliphatic rings. The summed E-state index contributed by atoms with van der Waals surface area (Å²) in [5, 5.41) is 0. The van der Waals surface area contributed by atoms with E-state index in [1.165, 1.54) is 0 Å². The van der Waals surface area contributed by atoms with Gasteiger partial charge in [0.05, 0.1) is 0 Å². The fraction of sp³-hybridized carbons (Fsp3) is 0.545. The van der Waals surface area contributed by atoms with Gasteiger partial charge in [0.2, 0.25) is 5.91 Å². The second kappa shape index (κ2) is 5.18. The van der Waals surface area contributed by atoms with Crippen molar-refractivity contribution in [3.8, 4) is 0 Å². The van der Waals surface area contributed by atoms with E-state index in [9.17, 15) is 4.79 Å². The molecule has 1 aromatic rings. The van der Waals surface area contributed by atoms with Crippen LogP contribution in [0.4, 0.5) is 11.6 Å². The van der Waals surface area contributed by atoms with Crippen molar-refractivity contribution in [1.82, 2.24) is 14.9 Å². The Morgan fingerprint density at radius 1 is 1.33 bits per heavy atom. The Labute approximate surface area is 106 Å². The minimum absolute atomic E-state index is 0.123. The van der Waals surface area contributed by atoms with Crippen LogP contribution in [0.15, 0.2) is 6.07 Å². The highest BCUT2D eigenvalue weighted by atomic mass is 16.2. The Morgan fingerprint density at radius 3 is 2.56 bits per heavy atom. The van der Waals surface area contributed by atoms with Gasteiger partial charge in [-0.2, -0.15) is 0 Å². The predicted octanol–water partition coefficient (Wildman–Crippen LogP) is -0.261. The van der Waals surface area contributed by atoms with Crippen LogP contribution in [0, 0.1) is 6.92 Å². The van der Waals surface area contributed by atoms with Gasteiger partial charge in [0.15, 0.2) is 0 Å². The Bertz CT molecular complexity index is 441. The number of aryl methyl sites for hydroxylation is 1. The fourth-order valence-corrected chi connectivity index (χ4v) is 2.04. The van der Waals surface area contributed by atoms with E-state index in [-0.39, 0.29) is 5.91 Å². The Kier molecular flexibility index (Phi) is 3.61. The van der Waals surface area contributed by atoms with Crippen LogP contribution in [0.25, 0.3) is 0 Å². The molecule has 1 amide bonds. The summed E-state index contributed by atoms with van der Waals surface area (Å²) in [5.74, 6) is 7.61. The molecule has 2 heterocycles. The van der Waals surface area contributed by atoms with Crippen LogP contribution in [-0.4, -0.2) is 47.0 Å². The molecule has 7 heteroatoms. The highest BCUT2D eigenvalue weighted by molar-refractivity contribution is 5.73.